The van der Waals surface area contributed by atoms with E-state index in [1.807, 2.05) is 25.7 Å². The third-order valence-corrected chi connectivity index (χ3v) is 5.65. The van der Waals surface area contributed by atoms with Crippen LogP contribution in [0.25, 0.3) is 0 Å². The minimum absolute atomic E-state index is 0.0298. The molecule has 3 fully saturated rings. The summed E-state index contributed by atoms with van der Waals surface area (Å²) in [4.78, 5) is 16.1. The van der Waals surface area contributed by atoms with Crippen LogP contribution in [0.1, 0.15) is 75.2 Å². The highest BCUT2D eigenvalue weighted by Gasteiger charge is 2.27. The average molecular weight is 485 g/mol. The van der Waals surface area contributed by atoms with Crippen LogP contribution in [0.5, 0.6) is 0 Å². The van der Waals surface area contributed by atoms with Crippen molar-refractivity contribution in [3.8, 4) is 0 Å². The number of ether oxygens (including phenoxy) is 2. The maximum atomic E-state index is 11.7. The Morgan fingerprint density at radius 2 is 1.32 bits per heavy atom. The highest BCUT2D eigenvalue weighted by Crippen LogP contribution is 2.18. The normalized spacial score (nSPS) is 21.1. The Labute approximate surface area is 210 Å². The molecule has 0 spiro atoms. The number of hydrogen-bond donors (Lipinski definition) is 2. The van der Waals surface area contributed by atoms with Crippen LogP contribution >= 0.6 is 0 Å². The lowest BCUT2D eigenvalue weighted by Gasteiger charge is -2.32. The van der Waals surface area contributed by atoms with Gasteiger partial charge in [-0.1, -0.05) is 41.5 Å². The highest BCUT2D eigenvalue weighted by molar-refractivity contribution is 5.81. The first-order valence-corrected chi connectivity index (χ1v) is 13.4. The van der Waals surface area contributed by atoms with Crippen molar-refractivity contribution >= 4 is 5.91 Å². The molecule has 0 unspecified atom stereocenters. The van der Waals surface area contributed by atoms with Crippen LogP contribution in [0.4, 0.5) is 0 Å². The van der Waals surface area contributed by atoms with Gasteiger partial charge in [-0.3, -0.25) is 9.69 Å². The van der Waals surface area contributed by atoms with Gasteiger partial charge in [-0.25, -0.2) is 0 Å². The van der Waals surface area contributed by atoms with Gasteiger partial charge >= 0.3 is 0 Å². The zero-order valence-corrected chi connectivity index (χ0v) is 23.9. The molecule has 0 atom stereocenters. The third-order valence-electron chi connectivity index (χ3n) is 5.65. The van der Waals surface area contributed by atoms with Gasteiger partial charge in [0.25, 0.3) is 0 Å². The Morgan fingerprint density at radius 1 is 0.824 bits per heavy atom. The quantitative estimate of drug-likeness (QED) is 0.626. The van der Waals surface area contributed by atoms with Crippen LogP contribution in [-0.2, 0) is 14.3 Å². The molecule has 0 bridgehead atoms. The van der Waals surface area contributed by atoms with Gasteiger partial charge in [0.15, 0.2) is 0 Å². The Bertz CT molecular complexity index is 516. The maximum Gasteiger partial charge on any atom is 0.228 e. The van der Waals surface area contributed by atoms with E-state index >= 15 is 0 Å². The van der Waals surface area contributed by atoms with Gasteiger partial charge in [0.1, 0.15) is 0 Å². The van der Waals surface area contributed by atoms with Gasteiger partial charge in [-0.15, -0.1) is 0 Å². The molecule has 0 saturated carbocycles. The molecule has 202 valence electrons. The van der Waals surface area contributed by atoms with E-state index < -0.39 is 0 Å². The molecule has 7 nitrogen and oxygen atoms in total. The summed E-state index contributed by atoms with van der Waals surface area (Å²) < 4.78 is 11.1. The van der Waals surface area contributed by atoms with Crippen molar-refractivity contribution in [2.75, 3.05) is 72.1 Å². The van der Waals surface area contributed by atoms with Crippen molar-refractivity contribution in [2.45, 2.75) is 86.9 Å². The van der Waals surface area contributed by atoms with Crippen LogP contribution in [0, 0.1) is 10.8 Å². The van der Waals surface area contributed by atoms with E-state index in [0.29, 0.717) is 11.5 Å². The van der Waals surface area contributed by atoms with Gasteiger partial charge in [0, 0.05) is 51.2 Å². The summed E-state index contributed by atoms with van der Waals surface area (Å²) in [5.41, 5.74) is 0.233. The van der Waals surface area contributed by atoms with Crippen molar-refractivity contribution in [2.24, 2.45) is 10.8 Å². The number of morpholine rings is 1. The fourth-order valence-corrected chi connectivity index (χ4v) is 4.19. The van der Waals surface area contributed by atoms with Crippen molar-refractivity contribution in [3.63, 3.8) is 0 Å². The average Bonchev–Trinajstić information content (AvgIpc) is 2.73. The van der Waals surface area contributed by atoms with Crippen LogP contribution in [0.3, 0.4) is 0 Å². The number of amides is 1. The van der Waals surface area contributed by atoms with Crippen molar-refractivity contribution < 1.29 is 14.3 Å². The molecule has 3 rings (SSSR count). The first kappa shape index (κ1) is 31.3. The predicted octanol–water partition coefficient (Wildman–Crippen LogP) is 3.38. The van der Waals surface area contributed by atoms with Gasteiger partial charge in [-0.2, -0.15) is 0 Å². The molecule has 1 amide bonds. The number of piperazine rings is 1. The minimum Gasteiger partial charge on any atom is -0.379 e. The molecule has 0 aliphatic carbocycles. The minimum atomic E-state index is -0.225. The number of nitrogens with one attached hydrogen (secondary N) is 2. The first-order chi connectivity index (χ1) is 15.7. The van der Waals surface area contributed by atoms with Crippen molar-refractivity contribution in [3.05, 3.63) is 0 Å². The Balaban J connectivity index is 0.000000255. The highest BCUT2D eigenvalue weighted by atomic mass is 16.5. The molecule has 3 aliphatic rings. The lowest BCUT2D eigenvalue weighted by molar-refractivity contribution is -0.140. The lowest BCUT2D eigenvalue weighted by Crippen LogP contribution is -2.49. The van der Waals surface area contributed by atoms with Gasteiger partial charge in [-0.05, 0) is 52.1 Å². The molecule has 0 aromatic heterocycles. The number of carbonyl (C=O) groups is 1. The van der Waals surface area contributed by atoms with Gasteiger partial charge in [0.05, 0.1) is 24.9 Å². The van der Waals surface area contributed by atoms with E-state index in [9.17, 15) is 4.79 Å². The number of carbonyl (C=O) groups excluding carboxylic acids is 1. The maximum absolute atomic E-state index is 11.7. The lowest BCUT2D eigenvalue weighted by atomic mass is 9.94. The van der Waals surface area contributed by atoms with E-state index in [4.69, 9.17) is 9.47 Å². The number of nitrogens with zero attached hydrogens (tertiary/aromatic N) is 2. The van der Waals surface area contributed by atoms with Crippen molar-refractivity contribution in [1.29, 1.82) is 0 Å². The van der Waals surface area contributed by atoms with E-state index in [-0.39, 0.29) is 16.9 Å². The topological polar surface area (TPSA) is 66.1 Å². The van der Waals surface area contributed by atoms with Gasteiger partial charge < -0.3 is 25.0 Å². The molecule has 3 heterocycles. The second kappa shape index (κ2) is 14.7. The molecule has 7 heteroatoms. The summed E-state index contributed by atoms with van der Waals surface area (Å²) in [7, 11) is 0. The fourth-order valence-electron chi connectivity index (χ4n) is 4.19. The van der Waals surface area contributed by atoms with Crippen LogP contribution in [-0.4, -0.2) is 99.5 Å². The van der Waals surface area contributed by atoms with Crippen LogP contribution in [0.2, 0.25) is 0 Å². The molecule has 0 aromatic carbocycles. The summed E-state index contributed by atoms with van der Waals surface area (Å²) in [5.74, 6) is 0.268. The Hall–Kier alpha value is -0.730. The van der Waals surface area contributed by atoms with Crippen LogP contribution in [0.15, 0.2) is 0 Å². The zero-order chi connectivity index (χ0) is 25.8. The number of hydrogen-bond acceptors (Lipinski definition) is 6. The fraction of sp³-hybridized carbons (Fsp3) is 0.963. The smallest absolute Gasteiger partial charge is 0.228 e. The summed E-state index contributed by atoms with van der Waals surface area (Å²) >= 11 is 0. The largest absolute Gasteiger partial charge is 0.379 e. The molecule has 0 radical (unpaired) electrons. The van der Waals surface area contributed by atoms with E-state index in [2.05, 4.69) is 57.1 Å². The van der Waals surface area contributed by atoms with Gasteiger partial charge in [0.2, 0.25) is 5.91 Å². The number of rotatable bonds is 2. The monoisotopic (exact) mass is 484 g/mol. The Morgan fingerprint density at radius 3 is 1.76 bits per heavy atom. The molecule has 2 N–H and O–H groups in total. The molecular weight excluding hydrogens is 428 g/mol. The van der Waals surface area contributed by atoms with Crippen LogP contribution < -0.4 is 10.6 Å². The summed E-state index contributed by atoms with van der Waals surface area (Å²) in [5, 5.41) is 6.55. The Kier molecular flexibility index (Phi) is 13.6. The molecule has 34 heavy (non-hydrogen) atoms. The summed E-state index contributed by atoms with van der Waals surface area (Å²) in [6, 6.07) is 0. The molecule has 3 aliphatic heterocycles. The first-order valence-electron chi connectivity index (χ1n) is 13.4. The standard InChI is InChI=1S/C9H18N2O.2C9H19NO/c1-9(2,3)8(12)11-6-4-10-5-7-11;1-9(2,3)8-10-4-6-11-7-5-10;1-9(2,3)11-8-4-6-10-7-5-8/h10H,4-7H2,1-3H3;4-8H2,1-3H3;8,10H,4-7H2,1-3H3. The molecular formula is C27H56N4O3. The van der Waals surface area contributed by atoms with E-state index in [1.165, 1.54) is 6.54 Å². The SMILES string of the molecule is CC(C)(C)C(=O)N1CCNCC1.CC(C)(C)CN1CCOCC1.CC(C)(C)OC1CCNCC1. The number of piperidine rings is 1. The molecule has 0 aromatic rings. The predicted molar refractivity (Wildman–Crippen MR) is 142 cm³/mol. The zero-order valence-electron chi connectivity index (χ0n) is 23.9. The van der Waals surface area contributed by atoms with E-state index in [0.717, 1.165) is 78.4 Å². The third kappa shape index (κ3) is 15.3. The van der Waals surface area contributed by atoms with E-state index in [1.54, 1.807) is 0 Å². The second-order valence-corrected chi connectivity index (χ2v) is 12.9. The summed E-state index contributed by atoms with van der Waals surface area (Å²) in [6.07, 6.45) is 2.81. The molecule has 3 saturated heterocycles. The summed E-state index contributed by atoms with van der Waals surface area (Å²) in [6.45, 7) is 30.1. The second-order valence-electron chi connectivity index (χ2n) is 12.9. The van der Waals surface area contributed by atoms with Crippen molar-refractivity contribution in [1.82, 2.24) is 20.4 Å².